The number of rotatable bonds is 6. The van der Waals surface area contributed by atoms with Gasteiger partial charge in [0, 0.05) is 20.6 Å². The Bertz CT molecular complexity index is 479. The molecule has 0 aliphatic carbocycles. The minimum atomic E-state index is -0.217. The van der Waals surface area contributed by atoms with Crippen LogP contribution in [0.2, 0.25) is 0 Å². The van der Waals surface area contributed by atoms with Gasteiger partial charge in [-0.25, -0.2) is 0 Å². The van der Waals surface area contributed by atoms with E-state index in [1.165, 1.54) is 17.7 Å². The molecule has 0 saturated carbocycles. The van der Waals surface area contributed by atoms with Crippen LogP contribution in [-0.4, -0.2) is 18.2 Å². The third kappa shape index (κ3) is 3.33. The Morgan fingerprint density at radius 2 is 2.21 bits per heavy atom. The quantitative estimate of drug-likeness (QED) is 0.607. The van der Waals surface area contributed by atoms with Crippen LogP contribution in [0.5, 0.6) is 0 Å². The predicted octanol–water partition coefficient (Wildman–Crippen LogP) is 3.94. The number of carbonyl (C=O) groups excluding carboxylic acids is 1. The molecular formula is C14H19BrN2OS. The fourth-order valence-electron chi connectivity index (χ4n) is 2.11. The Labute approximate surface area is 127 Å². The highest BCUT2D eigenvalue weighted by Gasteiger charge is 2.30. The van der Waals surface area contributed by atoms with Crippen LogP contribution in [0.3, 0.4) is 0 Å². The summed E-state index contributed by atoms with van der Waals surface area (Å²) >= 11 is 5.45. The number of hydrogen-bond donors (Lipinski definition) is 2. The Morgan fingerprint density at radius 1 is 1.42 bits per heavy atom. The Hall–Kier alpha value is -0.520. The molecule has 1 aromatic carbocycles. The lowest BCUT2D eigenvalue weighted by atomic mass is 10.1. The van der Waals surface area contributed by atoms with Crippen LogP contribution in [0.15, 0.2) is 21.5 Å². The molecule has 19 heavy (non-hydrogen) atoms. The van der Waals surface area contributed by atoms with E-state index in [4.69, 9.17) is 0 Å². The normalized spacial score (nSPS) is 17.4. The molecule has 5 heteroatoms. The van der Waals surface area contributed by atoms with Crippen LogP contribution in [-0.2, 0) is 4.79 Å². The van der Waals surface area contributed by atoms with Crippen LogP contribution in [0.1, 0.15) is 38.3 Å². The molecule has 0 spiro atoms. The van der Waals surface area contributed by atoms with Gasteiger partial charge in [-0.3, -0.25) is 4.79 Å². The molecule has 2 N–H and O–H groups in total. The minimum Gasteiger partial charge on any atom is -0.324 e. The molecule has 0 fully saturated rings. The van der Waals surface area contributed by atoms with E-state index >= 15 is 0 Å². The molecular weight excluding hydrogens is 324 g/mol. The molecule has 1 aliphatic heterocycles. The molecule has 0 bridgehead atoms. The second-order valence-electron chi connectivity index (χ2n) is 4.55. The van der Waals surface area contributed by atoms with Gasteiger partial charge in [0.2, 0.25) is 5.91 Å². The van der Waals surface area contributed by atoms with E-state index in [9.17, 15) is 4.79 Å². The van der Waals surface area contributed by atoms with Gasteiger partial charge in [0.1, 0.15) is 6.04 Å². The summed E-state index contributed by atoms with van der Waals surface area (Å²) in [7, 11) is 0. The molecule has 104 valence electrons. The monoisotopic (exact) mass is 342 g/mol. The summed E-state index contributed by atoms with van der Waals surface area (Å²) in [4.78, 5) is 13.1. The van der Waals surface area contributed by atoms with Crippen molar-refractivity contribution in [1.29, 1.82) is 0 Å². The van der Waals surface area contributed by atoms with Crippen LogP contribution in [0.4, 0.5) is 5.69 Å². The van der Waals surface area contributed by atoms with Crippen molar-refractivity contribution in [3.63, 3.8) is 0 Å². The van der Waals surface area contributed by atoms with E-state index in [1.807, 2.05) is 18.7 Å². The molecule has 0 radical (unpaired) electrons. The third-order valence-electron chi connectivity index (χ3n) is 3.10. The summed E-state index contributed by atoms with van der Waals surface area (Å²) in [5.74, 6) is 1.15. The van der Waals surface area contributed by atoms with Crippen molar-refractivity contribution in [2.75, 3.05) is 17.6 Å². The minimum absolute atomic E-state index is 0.0412. The van der Waals surface area contributed by atoms with Gasteiger partial charge in [-0.15, -0.1) is 11.8 Å². The second-order valence-corrected chi connectivity index (χ2v) is 6.54. The number of halogens is 1. The lowest BCUT2D eigenvalue weighted by Crippen LogP contribution is -2.27. The van der Waals surface area contributed by atoms with Gasteiger partial charge < -0.3 is 10.6 Å². The van der Waals surface area contributed by atoms with Crippen molar-refractivity contribution < 1.29 is 4.79 Å². The number of nitrogens with one attached hydrogen (secondary N) is 2. The first kappa shape index (κ1) is 14.9. The van der Waals surface area contributed by atoms with E-state index in [-0.39, 0.29) is 11.9 Å². The number of unbranched alkanes of at least 4 members (excludes halogenated alkanes) is 1. The number of carbonyl (C=O) groups is 1. The second kappa shape index (κ2) is 6.77. The Morgan fingerprint density at radius 3 is 2.89 bits per heavy atom. The summed E-state index contributed by atoms with van der Waals surface area (Å²) in [6.07, 6.45) is 2.41. The van der Waals surface area contributed by atoms with Gasteiger partial charge in [-0.2, -0.15) is 0 Å². The number of anilines is 1. The largest absolute Gasteiger partial charge is 0.324 e. The lowest BCUT2D eigenvalue weighted by molar-refractivity contribution is -0.117. The molecule has 0 aromatic heterocycles. The maximum Gasteiger partial charge on any atom is 0.246 e. The first-order chi connectivity index (χ1) is 9.17. The van der Waals surface area contributed by atoms with E-state index in [2.05, 4.69) is 45.6 Å². The van der Waals surface area contributed by atoms with Gasteiger partial charge in [0.25, 0.3) is 0 Å². The molecule has 3 nitrogen and oxygen atoms in total. The molecule has 1 atom stereocenters. The van der Waals surface area contributed by atoms with E-state index in [0.717, 1.165) is 28.0 Å². The summed E-state index contributed by atoms with van der Waals surface area (Å²) in [5.41, 5.74) is 1.98. The number of amides is 1. The molecule has 0 saturated heterocycles. The number of thioether (sulfide) groups is 1. The van der Waals surface area contributed by atoms with Gasteiger partial charge in [0.15, 0.2) is 0 Å². The van der Waals surface area contributed by atoms with Gasteiger partial charge in [-0.1, -0.05) is 20.3 Å². The van der Waals surface area contributed by atoms with Crippen molar-refractivity contribution in [3.05, 3.63) is 22.2 Å². The highest BCUT2D eigenvalue weighted by atomic mass is 79.9. The molecule has 1 heterocycles. The Balaban J connectivity index is 2.20. The number of hydrogen-bond acceptors (Lipinski definition) is 3. The lowest BCUT2D eigenvalue weighted by Gasteiger charge is -2.11. The molecule has 1 aliphatic rings. The molecule has 1 aromatic rings. The maximum absolute atomic E-state index is 11.9. The maximum atomic E-state index is 11.9. The molecule has 2 rings (SSSR count). The topological polar surface area (TPSA) is 41.1 Å². The highest BCUT2D eigenvalue weighted by Crippen LogP contribution is 2.39. The van der Waals surface area contributed by atoms with Gasteiger partial charge in [-0.05, 0) is 46.8 Å². The standard InChI is InChI=1S/C14H19BrN2OS/c1-3-5-6-19-12-8-11-9(7-10(12)15)13(16-4-2)14(18)17-11/h7-8,13,16H,3-6H2,1-2H3,(H,17,18). The van der Waals surface area contributed by atoms with Crippen molar-refractivity contribution in [2.24, 2.45) is 0 Å². The summed E-state index contributed by atoms with van der Waals surface area (Å²) in [5, 5.41) is 6.16. The SMILES string of the molecule is CCCCSc1cc2c(cc1Br)C(NCC)C(=O)N2. The third-order valence-corrected chi connectivity index (χ3v) is 5.16. The van der Waals surface area contributed by atoms with E-state index in [1.54, 1.807) is 0 Å². The number of likely N-dealkylation sites (N-methyl/N-ethyl adjacent to an activating group) is 1. The van der Waals surface area contributed by atoms with Gasteiger partial charge in [0.05, 0.1) is 0 Å². The zero-order valence-electron chi connectivity index (χ0n) is 11.3. The zero-order valence-corrected chi connectivity index (χ0v) is 13.7. The van der Waals surface area contributed by atoms with Gasteiger partial charge >= 0.3 is 0 Å². The summed E-state index contributed by atoms with van der Waals surface area (Å²) < 4.78 is 1.08. The predicted molar refractivity (Wildman–Crippen MR) is 84.8 cm³/mol. The average molecular weight is 343 g/mol. The van der Waals surface area contributed by atoms with E-state index < -0.39 is 0 Å². The van der Waals surface area contributed by atoms with Crippen LogP contribution in [0, 0.1) is 0 Å². The van der Waals surface area contributed by atoms with Crippen LogP contribution in [0.25, 0.3) is 0 Å². The van der Waals surface area contributed by atoms with Crippen LogP contribution < -0.4 is 10.6 Å². The Kier molecular flexibility index (Phi) is 5.30. The fourth-order valence-corrected chi connectivity index (χ4v) is 3.86. The van der Waals surface area contributed by atoms with Crippen molar-refractivity contribution in [2.45, 2.75) is 37.6 Å². The molecule has 1 unspecified atom stereocenters. The zero-order chi connectivity index (χ0) is 13.8. The van der Waals surface area contributed by atoms with Crippen molar-refractivity contribution in [1.82, 2.24) is 5.32 Å². The fraction of sp³-hybridized carbons (Fsp3) is 0.500. The van der Waals surface area contributed by atoms with E-state index in [0.29, 0.717) is 0 Å². The average Bonchev–Trinajstić information content (AvgIpc) is 2.67. The summed E-state index contributed by atoms with van der Waals surface area (Å²) in [6, 6.07) is 3.93. The first-order valence-corrected chi connectivity index (χ1v) is 8.45. The van der Waals surface area contributed by atoms with Crippen molar-refractivity contribution in [3.8, 4) is 0 Å². The first-order valence-electron chi connectivity index (χ1n) is 6.67. The van der Waals surface area contributed by atoms with Crippen LogP contribution >= 0.6 is 27.7 Å². The number of benzene rings is 1. The summed E-state index contributed by atoms with van der Waals surface area (Å²) in [6.45, 7) is 4.98. The smallest absolute Gasteiger partial charge is 0.246 e. The number of fused-ring (bicyclic) bond motifs is 1. The van der Waals surface area contributed by atoms with Crippen molar-refractivity contribution >= 4 is 39.3 Å². The molecule has 1 amide bonds. The highest BCUT2D eigenvalue weighted by molar-refractivity contribution is 9.10.